The van der Waals surface area contributed by atoms with E-state index in [1.807, 2.05) is 0 Å². The third-order valence-electron chi connectivity index (χ3n) is 6.75. The van der Waals surface area contributed by atoms with Gasteiger partial charge in [0, 0.05) is 31.2 Å². The van der Waals surface area contributed by atoms with Crippen molar-refractivity contribution in [3.05, 3.63) is 65.2 Å². The molecule has 2 N–H and O–H groups in total. The summed E-state index contributed by atoms with van der Waals surface area (Å²) in [4.78, 5) is 15.6. The molecule has 0 fully saturated rings. The Hall–Kier alpha value is -3.57. The van der Waals surface area contributed by atoms with Crippen molar-refractivity contribution in [1.29, 1.82) is 0 Å². The topological polar surface area (TPSA) is 105 Å². The second-order valence-electron chi connectivity index (χ2n) is 9.65. The molecule has 1 aromatic carbocycles. The standard InChI is InChI=1S/C25H26FN7O2S/c1-32-12-16-6-3-5-15-9-18(10-17(13-32)23(15)16)28-25-27-11-19-20(26)14-33(24(19)30-25)22-8-4-7-21(29-22)31-36(2,34)35/h4,7-11,14,16H,3,5-6,12-13H2,1-2H3,(H,29,31)(H,27,28,30). The number of hydrogen-bond acceptors (Lipinski definition) is 7. The van der Waals surface area contributed by atoms with Crippen molar-refractivity contribution in [2.45, 2.75) is 31.7 Å². The number of nitrogens with zero attached hydrogens (tertiary/aromatic N) is 5. The van der Waals surface area contributed by atoms with Crippen molar-refractivity contribution in [2.24, 2.45) is 0 Å². The van der Waals surface area contributed by atoms with E-state index in [2.05, 4.69) is 49.1 Å². The monoisotopic (exact) mass is 507 g/mol. The molecule has 1 aliphatic heterocycles. The first-order valence-electron chi connectivity index (χ1n) is 11.8. The number of hydrogen-bond donors (Lipinski definition) is 2. The van der Waals surface area contributed by atoms with Gasteiger partial charge in [0.05, 0.1) is 11.6 Å². The molecule has 1 atom stereocenters. The Bertz CT molecular complexity index is 1600. The van der Waals surface area contributed by atoms with Gasteiger partial charge in [-0.05, 0) is 73.2 Å². The smallest absolute Gasteiger partial charge is 0.230 e. The van der Waals surface area contributed by atoms with Gasteiger partial charge in [-0.3, -0.25) is 9.29 Å². The first-order chi connectivity index (χ1) is 17.2. The molecule has 6 rings (SSSR count). The van der Waals surface area contributed by atoms with E-state index in [1.165, 1.54) is 52.6 Å². The van der Waals surface area contributed by atoms with Gasteiger partial charge in [-0.15, -0.1) is 0 Å². The number of likely N-dealkylation sites (N-methyl/N-ethyl adjacent to an activating group) is 1. The van der Waals surface area contributed by atoms with Gasteiger partial charge in [-0.1, -0.05) is 6.07 Å². The lowest BCUT2D eigenvalue weighted by Crippen LogP contribution is -2.33. The number of anilines is 3. The van der Waals surface area contributed by atoms with Crippen LogP contribution in [-0.4, -0.2) is 52.7 Å². The molecule has 0 radical (unpaired) electrons. The number of benzene rings is 1. The molecule has 4 aromatic rings. The fraction of sp³-hybridized carbons (Fsp3) is 0.320. The summed E-state index contributed by atoms with van der Waals surface area (Å²) in [5, 5.41) is 3.56. The highest BCUT2D eigenvalue weighted by Crippen LogP contribution is 2.40. The third-order valence-corrected chi connectivity index (χ3v) is 7.33. The number of rotatable bonds is 5. The van der Waals surface area contributed by atoms with Crippen LogP contribution in [-0.2, 0) is 23.0 Å². The molecule has 4 heterocycles. The predicted octanol–water partition coefficient (Wildman–Crippen LogP) is 3.94. The quantitative estimate of drug-likeness (QED) is 0.422. The highest BCUT2D eigenvalue weighted by molar-refractivity contribution is 7.92. The van der Waals surface area contributed by atoms with E-state index < -0.39 is 15.8 Å². The summed E-state index contributed by atoms with van der Waals surface area (Å²) in [5.41, 5.74) is 5.46. The Labute approximate surface area is 208 Å². The zero-order valence-electron chi connectivity index (χ0n) is 20.0. The van der Waals surface area contributed by atoms with Gasteiger partial charge in [-0.2, -0.15) is 4.98 Å². The van der Waals surface area contributed by atoms with Crippen LogP contribution in [0.5, 0.6) is 0 Å². The first-order valence-corrected chi connectivity index (χ1v) is 13.7. The van der Waals surface area contributed by atoms with Crippen molar-refractivity contribution in [3.8, 4) is 5.82 Å². The van der Waals surface area contributed by atoms with Crippen molar-refractivity contribution >= 4 is 38.5 Å². The van der Waals surface area contributed by atoms with E-state index >= 15 is 0 Å². The average Bonchev–Trinajstić information content (AvgIpc) is 3.14. The molecule has 0 bridgehead atoms. The Morgan fingerprint density at radius 3 is 2.83 bits per heavy atom. The maximum Gasteiger partial charge on any atom is 0.230 e. The molecule has 3 aromatic heterocycles. The van der Waals surface area contributed by atoms with Crippen LogP contribution in [0.2, 0.25) is 0 Å². The van der Waals surface area contributed by atoms with Crippen molar-refractivity contribution < 1.29 is 12.8 Å². The van der Waals surface area contributed by atoms with Crippen LogP contribution in [0.15, 0.2) is 42.7 Å². The minimum absolute atomic E-state index is 0.135. The van der Waals surface area contributed by atoms with Crippen LogP contribution >= 0.6 is 0 Å². The average molecular weight is 508 g/mol. The lowest BCUT2D eigenvalue weighted by molar-refractivity contribution is 0.266. The van der Waals surface area contributed by atoms with E-state index in [1.54, 1.807) is 12.1 Å². The second kappa shape index (κ2) is 8.52. The fourth-order valence-corrected chi connectivity index (χ4v) is 5.94. The molecule has 9 nitrogen and oxygen atoms in total. The Morgan fingerprint density at radius 2 is 2.00 bits per heavy atom. The molecule has 0 amide bonds. The summed E-state index contributed by atoms with van der Waals surface area (Å²) < 4.78 is 41.8. The van der Waals surface area contributed by atoms with Crippen LogP contribution in [0.4, 0.5) is 21.8 Å². The van der Waals surface area contributed by atoms with Gasteiger partial charge in [0.1, 0.15) is 11.6 Å². The summed E-state index contributed by atoms with van der Waals surface area (Å²) in [6, 6.07) is 9.18. The number of sulfonamides is 1. The number of halogens is 1. The SMILES string of the molecule is CN1Cc2cc(Nc3ncc4c(F)cn(-c5cccc(NS(C)(=O)=O)n5)c4n3)cc3c2C(CCC3)C1. The van der Waals surface area contributed by atoms with E-state index in [9.17, 15) is 12.8 Å². The molecule has 1 unspecified atom stereocenters. The van der Waals surface area contributed by atoms with Crippen LogP contribution in [0, 0.1) is 5.82 Å². The molecule has 2 aliphatic rings. The molecule has 0 spiro atoms. The molecule has 11 heteroatoms. The van der Waals surface area contributed by atoms with Crippen LogP contribution < -0.4 is 10.0 Å². The predicted molar refractivity (Wildman–Crippen MR) is 137 cm³/mol. The number of aryl methyl sites for hydroxylation is 1. The van der Waals surface area contributed by atoms with E-state index in [0.717, 1.165) is 31.5 Å². The van der Waals surface area contributed by atoms with Gasteiger partial charge < -0.3 is 10.2 Å². The third kappa shape index (κ3) is 4.28. The lowest BCUT2D eigenvalue weighted by atomic mass is 9.77. The lowest BCUT2D eigenvalue weighted by Gasteiger charge is -2.37. The molecule has 36 heavy (non-hydrogen) atoms. The maximum absolute atomic E-state index is 14.7. The normalized spacial score (nSPS) is 17.7. The highest BCUT2D eigenvalue weighted by atomic mass is 32.2. The molecule has 1 aliphatic carbocycles. The Balaban J connectivity index is 1.37. The van der Waals surface area contributed by atoms with Crippen molar-refractivity contribution in [2.75, 3.05) is 29.9 Å². The summed E-state index contributed by atoms with van der Waals surface area (Å²) in [6.45, 7) is 2.01. The van der Waals surface area contributed by atoms with Crippen LogP contribution in [0.3, 0.4) is 0 Å². The van der Waals surface area contributed by atoms with Crippen LogP contribution in [0.25, 0.3) is 16.9 Å². The van der Waals surface area contributed by atoms with E-state index in [0.29, 0.717) is 23.3 Å². The van der Waals surface area contributed by atoms with Gasteiger partial charge in [0.15, 0.2) is 11.5 Å². The van der Waals surface area contributed by atoms with Crippen LogP contribution in [0.1, 0.15) is 35.4 Å². The molecule has 186 valence electrons. The number of aromatic nitrogens is 4. The zero-order valence-corrected chi connectivity index (χ0v) is 20.8. The summed E-state index contributed by atoms with van der Waals surface area (Å²) >= 11 is 0. The number of fused-ring (bicyclic) bond motifs is 1. The number of pyridine rings is 1. The maximum atomic E-state index is 14.7. The molecular weight excluding hydrogens is 481 g/mol. The minimum Gasteiger partial charge on any atom is -0.324 e. The molecule has 0 saturated carbocycles. The minimum atomic E-state index is -3.50. The largest absolute Gasteiger partial charge is 0.324 e. The van der Waals surface area contributed by atoms with E-state index in [4.69, 9.17) is 0 Å². The Kier molecular flexibility index (Phi) is 5.41. The van der Waals surface area contributed by atoms with Gasteiger partial charge >= 0.3 is 0 Å². The van der Waals surface area contributed by atoms with Gasteiger partial charge in [0.25, 0.3) is 0 Å². The highest BCUT2D eigenvalue weighted by Gasteiger charge is 2.29. The molecule has 0 saturated heterocycles. The molecular formula is C25H26FN7O2S. The zero-order chi connectivity index (χ0) is 25.0. The summed E-state index contributed by atoms with van der Waals surface area (Å²) in [7, 11) is -1.35. The summed E-state index contributed by atoms with van der Waals surface area (Å²) in [5.74, 6) is 0.907. The second-order valence-corrected chi connectivity index (χ2v) is 11.4. The Morgan fingerprint density at radius 1 is 1.17 bits per heavy atom. The number of nitrogens with one attached hydrogen (secondary N) is 2. The fourth-order valence-electron chi connectivity index (χ4n) is 5.45. The summed E-state index contributed by atoms with van der Waals surface area (Å²) in [6.07, 6.45) is 7.24. The van der Waals surface area contributed by atoms with Gasteiger partial charge in [0.2, 0.25) is 16.0 Å². The first kappa shape index (κ1) is 22.9. The van der Waals surface area contributed by atoms with Crippen molar-refractivity contribution in [3.63, 3.8) is 0 Å². The van der Waals surface area contributed by atoms with E-state index in [-0.39, 0.29) is 11.2 Å². The van der Waals surface area contributed by atoms with Crippen molar-refractivity contribution in [1.82, 2.24) is 24.4 Å². The van der Waals surface area contributed by atoms with Gasteiger partial charge in [-0.25, -0.2) is 22.8 Å².